The van der Waals surface area contributed by atoms with Gasteiger partial charge in [-0.3, -0.25) is 0 Å². The first-order valence-corrected chi connectivity index (χ1v) is 15.8. The van der Waals surface area contributed by atoms with Crippen LogP contribution in [0.2, 0.25) is 0 Å². The van der Waals surface area contributed by atoms with Gasteiger partial charge in [0.15, 0.2) is 6.29 Å². The van der Waals surface area contributed by atoms with Gasteiger partial charge in [0, 0.05) is 35.5 Å². The Kier molecular flexibility index (Phi) is 11.2. The first-order valence-electron chi connectivity index (χ1n) is 14.8. The topological polar surface area (TPSA) is 119 Å². The van der Waals surface area contributed by atoms with Gasteiger partial charge in [0.1, 0.15) is 6.04 Å². The van der Waals surface area contributed by atoms with Crippen LogP contribution in [0.15, 0.2) is 108 Å². The van der Waals surface area contributed by atoms with Crippen molar-refractivity contribution in [3.63, 3.8) is 0 Å². The van der Waals surface area contributed by atoms with E-state index in [1.807, 2.05) is 84.9 Å². The first kappa shape index (κ1) is 32.2. The van der Waals surface area contributed by atoms with Gasteiger partial charge in [-0.25, -0.2) is 14.6 Å². The molecular weight excluding hydrogens is 590 g/mol. The molecule has 2 heterocycles. The van der Waals surface area contributed by atoms with Gasteiger partial charge in [0.25, 0.3) is 0 Å². The second-order valence-electron chi connectivity index (χ2n) is 10.8. The van der Waals surface area contributed by atoms with Gasteiger partial charge in [0.2, 0.25) is 0 Å². The quantitative estimate of drug-likeness (QED) is 0.136. The van der Waals surface area contributed by atoms with E-state index in [-0.39, 0.29) is 24.7 Å². The SMILES string of the molecule is COC(=O)C(Cc1ccccc1)NC(=O)Nc1ccc(C2OC(CSc3ccccn3)C(C)C(c3ccc(CO)cc3)O2)cc1. The summed E-state index contributed by atoms with van der Waals surface area (Å²) in [6, 6.07) is 28.9. The second kappa shape index (κ2) is 15.7. The number of aromatic nitrogens is 1. The lowest BCUT2D eigenvalue weighted by molar-refractivity contribution is -0.268. The highest BCUT2D eigenvalue weighted by molar-refractivity contribution is 7.99. The highest BCUT2D eigenvalue weighted by Gasteiger charge is 2.38. The van der Waals surface area contributed by atoms with Gasteiger partial charge in [-0.2, -0.15) is 0 Å². The Hall–Kier alpha value is -4.22. The van der Waals surface area contributed by atoms with Crippen LogP contribution in [0.1, 0.15) is 41.6 Å². The minimum absolute atomic E-state index is 0.0226. The molecule has 0 aliphatic carbocycles. The normalized spacial score (nSPS) is 20.2. The van der Waals surface area contributed by atoms with Crippen molar-refractivity contribution in [1.82, 2.24) is 10.3 Å². The monoisotopic (exact) mass is 627 g/mol. The fourth-order valence-corrected chi connectivity index (χ4v) is 6.17. The average molecular weight is 628 g/mol. The third-order valence-electron chi connectivity index (χ3n) is 7.67. The van der Waals surface area contributed by atoms with E-state index in [4.69, 9.17) is 14.2 Å². The van der Waals surface area contributed by atoms with E-state index in [2.05, 4.69) is 22.5 Å². The van der Waals surface area contributed by atoms with E-state index in [1.54, 1.807) is 30.1 Å². The third kappa shape index (κ3) is 8.70. The van der Waals surface area contributed by atoms with Crippen LogP contribution in [-0.4, -0.2) is 47.1 Å². The van der Waals surface area contributed by atoms with Crippen molar-refractivity contribution in [3.05, 3.63) is 126 Å². The van der Waals surface area contributed by atoms with Gasteiger partial charge in [-0.05, 0) is 41.0 Å². The molecule has 45 heavy (non-hydrogen) atoms. The lowest BCUT2D eigenvalue weighted by Crippen LogP contribution is -2.45. The summed E-state index contributed by atoms with van der Waals surface area (Å²) >= 11 is 1.64. The molecule has 4 aromatic rings. The summed E-state index contributed by atoms with van der Waals surface area (Å²) in [5.74, 6) is 0.204. The third-order valence-corrected chi connectivity index (χ3v) is 8.70. The summed E-state index contributed by atoms with van der Waals surface area (Å²) in [4.78, 5) is 29.6. The minimum atomic E-state index is -0.841. The molecular formula is C35H37N3O6S. The lowest BCUT2D eigenvalue weighted by atomic mass is 9.91. The average Bonchev–Trinajstić information content (AvgIpc) is 3.08. The zero-order valence-corrected chi connectivity index (χ0v) is 26.0. The maximum Gasteiger partial charge on any atom is 0.328 e. The van der Waals surface area contributed by atoms with Crippen molar-refractivity contribution >= 4 is 29.4 Å². The fraction of sp³-hybridized carbons (Fsp3) is 0.286. The molecule has 0 bridgehead atoms. The molecule has 5 atom stereocenters. The first-order chi connectivity index (χ1) is 21.9. The van der Waals surface area contributed by atoms with Crippen LogP contribution >= 0.6 is 11.8 Å². The van der Waals surface area contributed by atoms with E-state index >= 15 is 0 Å². The Morgan fingerprint density at radius 3 is 2.29 bits per heavy atom. The summed E-state index contributed by atoms with van der Waals surface area (Å²) in [6.45, 7) is 2.10. The molecule has 0 spiro atoms. The van der Waals surface area contributed by atoms with E-state index in [0.717, 1.165) is 27.3 Å². The van der Waals surface area contributed by atoms with Crippen LogP contribution in [-0.2, 0) is 32.0 Å². The molecule has 1 aliphatic heterocycles. The molecule has 3 aromatic carbocycles. The zero-order chi connectivity index (χ0) is 31.6. The predicted octanol–water partition coefficient (Wildman–Crippen LogP) is 6.06. The number of amides is 2. The van der Waals surface area contributed by atoms with Gasteiger partial charge in [-0.1, -0.05) is 79.7 Å². The number of aliphatic hydroxyl groups is 1. The second-order valence-corrected chi connectivity index (χ2v) is 11.8. The molecule has 0 saturated carbocycles. The van der Waals surface area contributed by atoms with E-state index < -0.39 is 24.3 Å². The number of methoxy groups -OCH3 is 1. The summed E-state index contributed by atoms with van der Waals surface area (Å²) in [5.41, 5.74) is 4.09. The molecule has 1 aliphatic rings. The molecule has 5 rings (SSSR count). The minimum Gasteiger partial charge on any atom is -0.467 e. The Bertz CT molecular complexity index is 1520. The molecule has 234 valence electrons. The number of urea groups is 1. The highest BCUT2D eigenvalue weighted by atomic mass is 32.2. The molecule has 1 saturated heterocycles. The van der Waals surface area contributed by atoms with Crippen molar-refractivity contribution in [3.8, 4) is 0 Å². The maximum atomic E-state index is 12.8. The lowest BCUT2D eigenvalue weighted by Gasteiger charge is -2.41. The molecule has 10 heteroatoms. The number of thioether (sulfide) groups is 1. The largest absolute Gasteiger partial charge is 0.467 e. The number of pyridine rings is 1. The number of aliphatic hydroxyl groups excluding tert-OH is 1. The van der Waals surface area contributed by atoms with Gasteiger partial charge in [0.05, 0.1) is 31.0 Å². The van der Waals surface area contributed by atoms with Crippen LogP contribution in [0.25, 0.3) is 0 Å². The molecule has 5 unspecified atom stereocenters. The number of carbonyl (C=O) groups is 2. The van der Waals surface area contributed by atoms with Gasteiger partial charge < -0.3 is 30.0 Å². The zero-order valence-electron chi connectivity index (χ0n) is 25.2. The number of anilines is 1. The molecule has 0 radical (unpaired) electrons. The number of carbonyl (C=O) groups excluding carboxylic acids is 2. The highest BCUT2D eigenvalue weighted by Crippen LogP contribution is 2.43. The smallest absolute Gasteiger partial charge is 0.328 e. The van der Waals surface area contributed by atoms with E-state index in [1.165, 1.54) is 7.11 Å². The number of rotatable bonds is 11. The van der Waals surface area contributed by atoms with Crippen LogP contribution in [0, 0.1) is 5.92 Å². The van der Waals surface area contributed by atoms with Crippen LogP contribution in [0.5, 0.6) is 0 Å². The summed E-state index contributed by atoms with van der Waals surface area (Å²) in [6.07, 6.45) is 1.06. The Labute approximate surface area is 267 Å². The summed E-state index contributed by atoms with van der Waals surface area (Å²) in [7, 11) is 1.30. The molecule has 3 N–H and O–H groups in total. The van der Waals surface area contributed by atoms with Crippen molar-refractivity contribution in [2.75, 3.05) is 18.2 Å². The van der Waals surface area contributed by atoms with Crippen molar-refractivity contribution in [1.29, 1.82) is 0 Å². The molecule has 2 amide bonds. The van der Waals surface area contributed by atoms with Crippen LogP contribution in [0.4, 0.5) is 10.5 Å². The summed E-state index contributed by atoms with van der Waals surface area (Å²) < 4.78 is 17.9. The van der Waals surface area contributed by atoms with E-state index in [9.17, 15) is 14.7 Å². The van der Waals surface area contributed by atoms with E-state index in [0.29, 0.717) is 17.9 Å². The Balaban J connectivity index is 1.27. The number of nitrogens with zero attached hydrogens (tertiary/aromatic N) is 1. The fourth-order valence-electron chi connectivity index (χ4n) is 5.14. The van der Waals surface area contributed by atoms with Gasteiger partial charge >= 0.3 is 12.0 Å². The number of benzene rings is 3. The van der Waals surface area contributed by atoms with Crippen LogP contribution < -0.4 is 10.6 Å². The van der Waals surface area contributed by atoms with Crippen LogP contribution in [0.3, 0.4) is 0 Å². The predicted molar refractivity (Wildman–Crippen MR) is 172 cm³/mol. The Morgan fingerprint density at radius 1 is 0.911 bits per heavy atom. The molecule has 9 nitrogen and oxygen atoms in total. The standard InChI is InChI=1S/C35H37N3O6S/c1-23-30(22-45-31-10-6-7-19-36-31)43-34(44-32(23)26-13-11-25(21-39)12-14-26)27-15-17-28(18-16-27)37-35(41)38-29(33(40)42-2)20-24-8-4-3-5-9-24/h3-19,23,29-30,32,34,39H,20-22H2,1-2H3,(H2,37,38,41). The van der Waals surface area contributed by atoms with Gasteiger partial charge in [-0.15, -0.1) is 11.8 Å². The number of nitrogens with one attached hydrogen (secondary N) is 2. The van der Waals surface area contributed by atoms with Crippen molar-refractivity contribution in [2.24, 2.45) is 5.92 Å². The number of hydrogen-bond donors (Lipinski definition) is 3. The molecule has 1 aromatic heterocycles. The maximum absolute atomic E-state index is 12.8. The Morgan fingerprint density at radius 2 is 1.62 bits per heavy atom. The van der Waals surface area contributed by atoms with Crippen molar-refractivity contribution in [2.45, 2.75) is 49.5 Å². The molecule has 1 fully saturated rings. The number of esters is 1. The summed E-state index contributed by atoms with van der Waals surface area (Å²) in [5, 5.41) is 15.9. The number of ether oxygens (including phenoxy) is 3. The van der Waals surface area contributed by atoms with Crippen molar-refractivity contribution < 1.29 is 28.9 Å². The number of hydrogen-bond acceptors (Lipinski definition) is 8.